The van der Waals surface area contributed by atoms with Gasteiger partial charge in [-0.3, -0.25) is 0 Å². The van der Waals surface area contributed by atoms with Crippen molar-refractivity contribution in [2.75, 3.05) is 0 Å². The first kappa shape index (κ1) is 7.29. The molecule has 0 aliphatic rings. The molecule has 0 bridgehead atoms. The molecule has 0 spiro atoms. The van der Waals surface area contributed by atoms with Crippen molar-refractivity contribution in [2.45, 2.75) is 0 Å². The Bertz CT molecular complexity index is 243. The lowest BCUT2D eigenvalue weighted by Gasteiger charge is -1.93. The number of rotatable bonds is 1. The minimum absolute atomic E-state index is 0.473. The van der Waals surface area contributed by atoms with Crippen molar-refractivity contribution in [3.63, 3.8) is 0 Å². The highest BCUT2D eigenvalue weighted by Crippen LogP contribution is 2.15. The van der Waals surface area contributed by atoms with Crippen LogP contribution >= 0.6 is 11.6 Å². The molecule has 1 rings (SSSR count). The minimum Gasteiger partial charge on any atom is -0.216 e. The van der Waals surface area contributed by atoms with Crippen LogP contribution in [0.3, 0.4) is 0 Å². The van der Waals surface area contributed by atoms with Gasteiger partial charge in [0, 0.05) is 5.02 Å². The highest BCUT2D eigenvalue weighted by atomic mass is 35.5. The summed E-state index contributed by atoms with van der Waals surface area (Å²) in [7, 11) is 0. The van der Waals surface area contributed by atoms with Gasteiger partial charge in [-0.15, -0.1) is 0 Å². The van der Waals surface area contributed by atoms with Gasteiger partial charge in [0.05, 0.1) is 6.33 Å². The second-order valence-electron chi connectivity index (χ2n) is 1.81. The smallest absolute Gasteiger partial charge is 0.0873 e. The van der Waals surface area contributed by atoms with Gasteiger partial charge in [-0.1, -0.05) is 29.8 Å². The maximum Gasteiger partial charge on any atom is 0.0873 e. The van der Waals surface area contributed by atoms with E-state index in [1.807, 2.05) is 0 Å². The summed E-state index contributed by atoms with van der Waals surface area (Å²) in [6.07, 6.45) is 1.80. The molecule has 2 heteroatoms. The van der Waals surface area contributed by atoms with Crippen LogP contribution in [0, 0.1) is 0 Å². The average molecular weight is 157 g/mol. The second-order valence-corrected chi connectivity index (χ2v) is 2.22. The standard InChI is InChI=1S/C8H6ClF/c9-8-4-2-1-3-7(8)5-6-10/h1-6H/b6-5+. The Kier molecular flexibility index (Phi) is 2.46. The molecule has 0 aliphatic carbocycles. The molecule has 0 aromatic heterocycles. The highest BCUT2D eigenvalue weighted by molar-refractivity contribution is 6.32. The molecular formula is C8H6ClF. The largest absolute Gasteiger partial charge is 0.216 e. The quantitative estimate of drug-likeness (QED) is 0.586. The summed E-state index contributed by atoms with van der Waals surface area (Å²) >= 11 is 5.69. The topological polar surface area (TPSA) is 0 Å². The van der Waals surface area contributed by atoms with Crippen molar-refractivity contribution < 1.29 is 4.39 Å². The summed E-state index contributed by atoms with van der Waals surface area (Å²) in [5.74, 6) is 0. The van der Waals surface area contributed by atoms with E-state index >= 15 is 0 Å². The maximum atomic E-state index is 11.6. The van der Waals surface area contributed by atoms with Gasteiger partial charge in [0.15, 0.2) is 0 Å². The first-order valence-corrected chi connectivity index (χ1v) is 3.23. The molecule has 1 aromatic carbocycles. The van der Waals surface area contributed by atoms with Crippen molar-refractivity contribution in [3.05, 3.63) is 41.2 Å². The third kappa shape index (κ3) is 1.58. The molecule has 0 saturated carbocycles. The maximum absolute atomic E-state index is 11.6. The van der Waals surface area contributed by atoms with E-state index in [-0.39, 0.29) is 0 Å². The van der Waals surface area contributed by atoms with Crippen LogP contribution < -0.4 is 0 Å². The zero-order valence-electron chi connectivity index (χ0n) is 5.22. The molecule has 0 unspecified atom stereocenters. The second kappa shape index (κ2) is 3.37. The number of halogens is 2. The Morgan fingerprint density at radius 3 is 2.60 bits per heavy atom. The van der Waals surface area contributed by atoms with Crippen LogP contribution in [0.25, 0.3) is 6.08 Å². The van der Waals surface area contributed by atoms with E-state index in [0.717, 1.165) is 0 Å². The SMILES string of the molecule is F/C=C/c1ccccc1Cl. The van der Waals surface area contributed by atoms with E-state index in [4.69, 9.17) is 11.6 Å². The van der Waals surface area contributed by atoms with E-state index < -0.39 is 0 Å². The summed E-state index contributed by atoms with van der Waals surface area (Å²) in [5, 5.41) is 0.566. The van der Waals surface area contributed by atoms with Crippen LogP contribution in [-0.2, 0) is 0 Å². The zero-order chi connectivity index (χ0) is 7.40. The van der Waals surface area contributed by atoms with Crippen LogP contribution in [0.2, 0.25) is 5.02 Å². The number of hydrogen-bond donors (Lipinski definition) is 0. The van der Waals surface area contributed by atoms with Gasteiger partial charge in [0.1, 0.15) is 0 Å². The first-order chi connectivity index (χ1) is 4.84. The molecule has 0 radical (unpaired) electrons. The molecule has 0 nitrogen and oxygen atoms in total. The van der Waals surface area contributed by atoms with E-state index in [1.54, 1.807) is 24.3 Å². The molecule has 0 saturated heterocycles. The Labute approximate surface area is 63.9 Å². The number of hydrogen-bond acceptors (Lipinski definition) is 0. The van der Waals surface area contributed by atoms with E-state index in [9.17, 15) is 4.39 Å². The lowest BCUT2D eigenvalue weighted by molar-refractivity contribution is 0.727. The van der Waals surface area contributed by atoms with Crippen LogP contribution in [-0.4, -0.2) is 0 Å². The lowest BCUT2D eigenvalue weighted by atomic mass is 10.2. The van der Waals surface area contributed by atoms with Crippen molar-refractivity contribution in [1.82, 2.24) is 0 Å². The summed E-state index contributed by atoms with van der Waals surface area (Å²) in [5.41, 5.74) is 0.701. The van der Waals surface area contributed by atoms with Crippen molar-refractivity contribution >= 4 is 17.7 Å². The van der Waals surface area contributed by atoms with Gasteiger partial charge in [0.25, 0.3) is 0 Å². The summed E-state index contributed by atoms with van der Waals surface area (Å²) in [6.45, 7) is 0. The fraction of sp³-hybridized carbons (Fsp3) is 0. The molecule has 0 aliphatic heterocycles. The van der Waals surface area contributed by atoms with Gasteiger partial charge < -0.3 is 0 Å². The molecule has 0 fully saturated rings. The van der Waals surface area contributed by atoms with Gasteiger partial charge >= 0.3 is 0 Å². The van der Waals surface area contributed by atoms with Gasteiger partial charge in [-0.05, 0) is 17.7 Å². The van der Waals surface area contributed by atoms with Crippen molar-refractivity contribution in [1.29, 1.82) is 0 Å². The molecule has 10 heavy (non-hydrogen) atoms. The van der Waals surface area contributed by atoms with Crippen molar-refractivity contribution in [3.8, 4) is 0 Å². The summed E-state index contributed by atoms with van der Waals surface area (Å²) in [4.78, 5) is 0. The van der Waals surface area contributed by atoms with E-state index in [2.05, 4.69) is 0 Å². The summed E-state index contributed by atoms with van der Waals surface area (Å²) < 4.78 is 11.6. The van der Waals surface area contributed by atoms with Crippen LogP contribution in [0.15, 0.2) is 30.6 Å². The lowest BCUT2D eigenvalue weighted by Crippen LogP contribution is -1.70. The van der Waals surface area contributed by atoms with Gasteiger partial charge in [0.2, 0.25) is 0 Å². The zero-order valence-corrected chi connectivity index (χ0v) is 5.98. The fourth-order valence-corrected chi connectivity index (χ4v) is 0.877. The molecule has 0 amide bonds. The minimum atomic E-state index is 0.473. The average Bonchev–Trinajstić information content (AvgIpc) is 1.94. The Morgan fingerprint density at radius 1 is 1.30 bits per heavy atom. The van der Waals surface area contributed by atoms with E-state index in [0.29, 0.717) is 16.9 Å². The fourth-order valence-electron chi connectivity index (χ4n) is 0.678. The monoisotopic (exact) mass is 156 g/mol. The van der Waals surface area contributed by atoms with Crippen LogP contribution in [0.5, 0.6) is 0 Å². The molecule has 0 heterocycles. The number of benzene rings is 1. The summed E-state index contributed by atoms with van der Waals surface area (Å²) in [6, 6.07) is 7.08. The van der Waals surface area contributed by atoms with E-state index in [1.165, 1.54) is 6.08 Å². The van der Waals surface area contributed by atoms with Gasteiger partial charge in [-0.25, -0.2) is 4.39 Å². The third-order valence-corrected chi connectivity index (χ3v) is 1.49. The normalized spacial score (nSPS) is 10.6. The molecule has 1 aromatic rings. The predicted octanol–water partition coefficient (Wildman–Crippen LogP) is 3.28. The van der Waals surface area contributed by atoms with Crippen LogP contribution in [0.4, 0.5) is 4.39 Å². The van der Waals surface area contributed by atoms with Gasteiger partial charge in [-0.2, -0.15) is 0 Å². The van der Waals surface area contributed by atoms with Crippen molar-refractivity contribution in [2.24, 2.45) is 0 Å². The van der Waals surface area contributed by atoms with Crippen LogP contribution in [0.1, 0.15) is 5.56 Å². The molecule has 52 valence electrons. The Morgan fingerprint density at radius 2 is 2.00 bits per heavy atom. The Balaban J connectivity index is 3.03. The molecule has 0 atom stereocenters. The molecule has 0 N–H and O–H groups in total. The predicted molar refractivity (Wildman–Crippen MR) is 41.6 cm³/mol. The third-order valence-electron chi connectivity index (χ3n) is 1.15. The first-order valence-electron chi connectivity index (χ1n) is 2.86. The Hall–Kier alpha value is -0.820. The highest BCUT2D eigenvalue weighted by Gasteiger charge is 1.91. The molecular weight excluding hydrogens is 151 g/mol.